The summed E-state index contributed by atoms with van der Waals surface area (Å²) in [5, 5.41) is 2.65. The summed E-state index contributed by atoms with van der Waals surface area (Å²) >= 11 is 0. The van der Waals surface area contributed by atoms with Gasteiger partial charge in [-0.25, -0.2) is 9.97 Å². The molecule has 1 amide bonds. The molecule has 36 heavy (non-hydrogen) atoms. The number of aryl methyl sites for hydroxylation is 1. The molecular weight excluding hydrogens is 471 g/mol. The smallest absolute Gasteiger partial charge is 0.416 e. The van der Waals surface area contributed by atoms with Crippen LogP contribution in [0.1, 0.15) is 52.1 Å². The third kappa shape index (κ3) is 3.47. The van der Waals surface area contributed by atoms with E-state index in [2.05, 4.69) is 15.3 Å². The highest BCUT2D eigenvalue weighted by atomic mass is 19.4. The quantitative estimate of drug-likeness (QED) is 0.388. The number of halogens is 3. The number of nitrogens with two attached hydrogens (primary N) is 1. The second-order valence-corrected chi connectivity index (χ2v) is 9.87. The zero-order valence-corrected chi connectivity index (χ0v) is 19.3. The molecule has 2 aromatic heterocycles. The fraction of sp³-hybridized carbons (Fsp3) is 0.269. The third-order valence-electron chi connectivity index (χ3n) is 7.45. The molecule has 3 aliphatic carbocycles. The molecular formula is C26H22F3N5O2. The third-order valence-corrected chi connectivity index (χ3v) is 7.45. The summed E-state index contributed by atoms with van der Waals surface area (Å²) in [4.78, 5) is 21.0. The first-order chi connectivity index (χ1) is 17.1. The second-order valence-electron chi connectivity index (χ2n) is 9.87. The lowest BCUT2D eigenvalue weighted by atomic mass is 9.32. The van der Waals surface area contributed by atoms with Crippen molar-refractivity contribution in [2.45, 2.75) is 43.2 Å². The van der Waals surface area contributed by atoms with Gasteiger partial charge in [-0.15, -0.1) is 0 Å². The van der Waals surface area contributed by atoms with Crippen LogP contribution in [0, 0.1) is 6.92 Å². The summed E-state index contributed by atoms with van der Waals surface area (Å²) in [5.74, 6) is 0.322. The maximum Gasteiger partial charge on any atom is 0.416 e. The topological polar surface area (TPSA) is 99.0 Å². The monoisotopic (exact) mass is 493 g/mol. The SMILES string of the molecule is Cc1ccc(C(=O)Nc2cc(-n3ccnc3)cc(C(F)(F)F)c2)cc1C12CC(c3cnc(N)o3)(C1)C2. The number of nitrogen functional groups attached to an aromatic ring is 1. The Morgan fingerprint density at radius 3 is 2.56 bits per heavy atom. The van der Waals surface area contributed by atoms with E-state index < -0.39 is 17.6 Å². The molecule has 4 aromatic rings. The van der Waals surface area contributed by atoms with Gasteiger partial charge in [0.2, 0.25) is 0 Å². The van der Waals surface area contributed by atoms with Crippen LogP contribution in [0.3, 0.4) is 0 Å². The van der Waals surface area contributed by atoms with Gasteiger partial charge in [0.05, 0.1) is 18.1 Å². The van der Waals surface area contributed by atoms with Crippen molar-refractivity contribution in [3.63, 3.8) is 0 Å². The lowest BCUT2D eigenvalue weighted by Crippen LogP contribution is -2.67. The molecule has 0 unspecified atom stereocenters. The highest BCUT2D eigenvalue weighted by molar-refractivity contribution is 6.04. The first-order valence-electron chi connectivity index (χ1n) is 11.4. The number of nitrogens with one attached hydrogen (secondary N) is 1. The van der Waals surface area contributed by atoms with E-state index in [9.17, 15) is 18.0 Å². The highest BCUT2D eigenvalue weighted by Crippen LogP contribution is 2.74. The van der Waals surface area contributed by atoms with Crippen LogP contribution in [0.5, 0.6) is 0 Å². The number of nitrogens with zero attached hydrogens (tertiary/aromatic N) is 3. The lowest BCUT2D eigenvalue weighted by molar-refractivity contribution is -0.137. The Bertz CT molecular complexity index is 1470. The fourth-order valence-electron chi connectivity index (χ4n) is 5.81. The van der Waals surface area contributed by atoms with Gasteiger partial charge in [0, 0.05) is 34.7 Å². The van der Waals surface area contributed by atoms with Crippen molar-refractivity contribution in [3.8, 4) is 5.69 Å². The van der Waals surface area contributed by atoms with Crippen LogP contribution in [-0.2, 0) is 17.0 Å². The minimum atomic E-state index is -4.57. The molecule has 184 valence electrons. The van der Waals surface area contributed by atoms with Crippen molar-refractivity contribution in [1.82, 2.24) is 14.5 Å². The largest absolute Gasteiger partial charge is 0.428 e. The number of hydrogen-bond donors (Lipinski definition) is 2. The standard InChI is InChI=1S/C26H22F3N5O2/c1-15-2-3-16(6-20(15)24-11-25(12-24,13-24)21-10-32-23(30)36-21)22(35)33-18-7-17(26(27,28)29)8-19(9-18)34-5-4-31-14-34/h2-10,14H,11-13H2,1H3,(H2,30,32)(H,33,35). The first-order valence-corrected chi connectivity index (χ1v) is 11.4. The van der Waals surface area contributed by atoms with Gasteiger partial charge in [0.25, 0.3) is 11.9 Å². The molecule has 3 N–H and O–H groups in total. The van der Waals surface area contributed by atoms with Gasteiger partial charge >= 0.3 is 6.18 Å². The maximum absolute atomic E-state index is 13.5. The van der Waals surface area contributed by atoms with Crippen molar-refractivity contribution < 1.29 is 22.4 Å². The molecule has 7 rings (SSSR count). The van der Waals surface area contributed by atoms with E-state index in [1.54, 1.807) is 12.3 Å². The first kappa shape index (κ1) is 22.4. The number of hydrogen-bond acceptors (Lipinski definition) is 5. The zero-order chi connectivity index (χ0) is 25.3. The van der Waals surface area contributed by atoms with E-state index in [-0.39, 0.29) is 28.2 Å². The van der Waals surface area contributed by atoms with Crippen molar-refractivity contribution in [3.05, 3.63) is 89.3 Å². The Balaban J connectivity index is 1.26. The second kappa shape index (κ2) is 7.46. The molecule has 2 bridgehead atoms. The summed E-state index contributed by atoms with van der Waals surface area (Å²) in [5.41, 5.74) is 7.50. The number of alkyl halides is 3. The average Bonchev–Trinajstić information content (AvgIpc) is 3.45. The van der Waals surface area contributed by atoms with Crippen molar-refractivity contribution in [2.75, 3.05) is 11.1 Å². The van der Waals surface area contributed by atoms with E-state index >= 15 is 0 Å². The van der Waals surface area contributed by atoms with Gasteiger partial charge in [0.1, 0.15) is 5.76 Å². The van der Waals surface area contributed by atoms with Crippen molar-refractivity contribution >= 4 is 17.6 Å². The Labute approximate surface area is 204 Å². The Morgan fingerprint density at radius 1 is 1.14 bits per heavy atom. The molecule has 0 radical (unpaired) electrons. The zero-order valence-electron chi connectivity index (χ0n) is 19.3. The van der Waals surface area contributed by atoms with E-state index in [0.717, 1.165) is 48.3 Å². The number of carbonyl (C=O) groups is 1. The fourth-order valence-corrected chi connectivity index (χ4v) is 5.81. The highest BCUT2D eigenvalue weighted by Gasteiger charge is 2.70. The van der Waals surface area contributed by atoms with Crippen LogP contribution < -0.4 is 11.1 Å². The number of oxazole rings is 1. The number of carbonyl (C=O) groups excluding carboxylic acids is 1. The molecule has 3 fully saturated rings. The summed E-state index contributed by atoms with van der Waals surface area (Å²) in [6.07, 6.45) is 4.16. The van der Waals surface area contributed by atoms with Crippen LogP contribution in [0.4, 0.5) is 24.9 Å². The summed E-state index contributed by atoms with van der Waals surface area (Å²) < 4.78 is 47.6. The Hall–Kier alpha value is -4.08. The molecule has 3 aliphatic rings. The maximum atomic E-state index is 13.5. The van der Waals surface area contributed by atoms with Crippen molar-refractivity contribution in [1.29, 1.82) is 0 Å². The van der Waals surface area contributed by atoms with E-state index in [1.165, 1.54) is 29.4 Å². The Kier molecular flexibility index (Phi) is 4.64. The molecule has 2 aromatic carbocycles. The normalized spacial score (nSPS) is 22.6. The average molecular weight is 493 g/mol. The molecule has 7 nitrogen and oxygen atoms in total. The van der Waals surface area contributed by atoms with Crippen LogP contribution in [-0.4, -0.2) is 20.4 Å². The number of imidazole rings is 1. The minimum Gasteiger partial charge on any atom is -0.428 e. The Morgan fingerprint density at radius 2 is 1.92 bits per heavy atom. The van der Waals surface area contributed by atoms with Crippen LogP contribution in [0.2, 0.25) is 0 Å². The minimum absolute atomic E-state index is 0.0489. The van der Waals surface area contributed by atoms with Crippen LogP contribution >= 0.6 is 0 Å². The molecule has 0 spiro atoms. The molecule has 0 atom stereocenters. The predicted octanol–water partition coefficient (Wildman–Crippen LogP) is 5.40. The molecule has 2 heterocycles. The van der Waals surface area contributed by atoms with Gasteiger partial charge in [-0.1, -0.05) is 6.07 Å². The van der Waals surface area contributed by atoms with Gasteiger partial charge in [-0.3, -0.25) is 4.79 Å². The summed E-state index contributed by atoms with van der Waals surface area (Å²) in [6, 6.07) is 9.02. The predicted molar refractivity (Wildman–Crippen MR) is 126 cm³/mol. The molecule has 10 heteroatoms. The van der Waals surface area contributed by atoms with Gasteiger partial charge in [-0.2, -0.15) is 13.2 Å². The summed E-state index contributed by atoms with van der Waals surface area (Å²) in [6.45, 7) is 2.00. The van der Waals surface area contributed by atoms with E-state index in [1.807, 2.05) is 19.1 Å². The molecule has 3 saturated carbocycles. The summed E-state index contributed by atoms with van der Waals surface area (Å²) in [7, 11) is 0. The number of aromatic nitrogens is 3. The van der Waals surface area contributed by atoms with Crippen LogP contribution in [0.25, 0.3) is 5.69 Å². The number of benzene rings is 2. The number of anilines is 2. The number of rotatable bonds is 5. The van der Waals surface area contributed by atoms with E-state index in [4.69, 9.17) is 10.2 Å². The van der Waals surface area contributed by atoms with Gasteiger partial charge < -0.3 is 20.0 Å². The molecule has 0 aliphatic heterocycles. The molecule has 0 saturated heterocycles. The van der Waals surface area contributed by atoms with Gasteiger partial charge in [-0.05, 0) is 73.1 Å². The lowest BCUT2D eigenvalue weighted by Gasteiger charge is -2.70. The van der Waals surface area contributed by atoms with Crippen molar-refractivity contribution in [2.24, 2.45) is 0 Å². The van der Waals surface area contributed by atoms with Crippen LogP contribution in [0.15, 0.2) is 65.7 Å². The van der Waals surface area contributed by atoms with E-state index in [0.29, 0.717) is 5.56 Å². The van der Waals surface area contributed by atoms with Gasteiger partial charge in [0.15, 0.2) is 0 Å². The number of amides is 1.